The molecule has 7 nitrogen and oxygen atoms in total. The molecule has 0 saturated carbocycles. The van der Waals surface area contributed by atoms with Crippen molar-refractivity contribution in [3.05, 3.63) is 29.8 Å². The zero-order valence-corrected chi connectivity index (χ0v) is 21.9. The molecule has 31 heavy (non-hydrogen) atoms. The van der Waals surface area contributed by atoms with Crippen LogP contribution in [-0.4, -0.2) is 74.6 Å². The second-order valence-corrected chi connectivity index (χ2v) is 7.50. The maximum absolute atomic E-state index is 12.2. The van der Waals surface area contributed by atoms with Gasteiger partial charge in [0.15, 0.2) is 5.96 Å². The monoisotopic (exact) mass is 545 g/mol. The van der Waals surface area contributed by atoms with Gasteiger partial charge in [0, 0.05) is 32.6 Å². The maximum atomic E-state index is 12.2. The number of amides is 1. The highest BCUT2D eigenvalue weighted by molar-refractivity contribution is 14.0. The first kappa shape index (κ1) is 27.5. The summed E-state index contributed by atoms with van der Waals surface area (Å²) in [6.07, 6.45) is 2.93. The van der Waals surface area contributed by atoms with Gasteiger partial charge in [-0.25, -0.2) is 0 Å². The number of nitrogens with one attached hydrogen (secondary N) is 2. The molecule has 1 aliphatic heterocycles. The molecule has 8 heteroatoms. The Kier molecular flexibility index (Phi) is 13.6. The number of guanidine groups is 1. The summed E-state index contributed by atoms with van der Waals surface area (Å²) in [7, 11) is 1.70. The lowest BCUT2D eigenvalue weighted by molar-refractivity contribution is -0.130. The minimum atomic E-state index is 0. The first-order valence-corrected chi connectivity index (χ1v) is 11.3. The molecule has 1 saturated heterocycles. The van der Waals surface area contributed by atoms with E-state index in [9.17, 15) is 4.79 Å². The van der Waals surface area contributed by atoms with Crippen LogP contribution < -0.4 is 15.4 Å². The Morgan fingerprint density at radius 3 is 2.52 bits per heavy atom. The number of likely N-dealkylation sites (tertiary alicyclic amines) is 1. The number of benzene rings is 1. The number of halogens is 1. The van der Waals surface area contributed by atoms with Gasteiger partial charge in [-0.15, -0.1) is 24.0 Å². The first-order valence-electron chi connectivity index (χ1n) is 11.3. The third-order valence-corrected chi connectivity index (χ3v) is 5.57. The van der Waals surface area contributed by atoms with Crippen molar-refractivity contribution in [2.24, 2.45) is 4.99 Å². The van der Waals surface area contributed by atoms with Gasteiger partial charge in [0.2, 0.25) is 5.91 Å². The third kappa shape index (κ3) is 8.84. The number of rotatable bonds is 11. The molecule has 1 aromatic carbocycles. The summed E-state index contributed by atoms with van der Waals surface area (Å²) in [6.45, 7) is 11.8. The molecule has 2 N–H and O–H groups in total. The lowest BCUT2D eigenvalue weighted by atomic mass is 10.1. The van der Waals surface area contributed by atoms with Crippen LogP contribution in [0.3, 0.4) is 0 Å². The van der Waals surface area contributed by atoms with Crippen molar-refractivity contribution in [1.82, 2.24) is 20.4 Å². The Morgan fingerprint density at radius 2 is 1.90 bits per heavy atom. The number of nitrogens with zero attached hydrogens (tertiary/aromatic N) is 3. The van der Waals surface area contributed by atoms with Gasteiger partial charge in [-0.05, 0) is 64.4 Å². The van der Waals surface area contributed by atoms with Crippen LogP contribution in [0.25, 0.3) is 0 Å². The SMILES string of the molecule is CCNC(=NCC(c1cccc(OC)c1)N1CCCC1)NCCC(=O)N(CC)CC.I. The Labute approximate surface area is 205 Å². The molecule has 1 aliphatic rings. The summed E-state index contributed by atoms with van der Waals surface area (Å²) >= 11 is 0. The van der Waals surface area contributed by atoms with Gasteiger partial charge in [-0.2, -0.15) is 0 Å². The van der Waals surface area contributed by atoms with Crippen molar-refractivity contribution in [3.63, 3.8) is 0 Å². The van der Waals surface area contributed by atoms with Crippen LogP contribution >= 0.6 is 24.0 Å². The number of ether oxygens (including phenoxy) is 1. The van der Waals surface area contributed by atoms with E-state index in [2.05, 4.69) is 34.6 Å². The van der Waals surface area contributed by atoms with E-state index in [-0.39, 0.29) is 35.9 Å². The number of carbonyl (C=O) groups is 1. The molecule has 1 fully saturated rings. The van der Waals surface area contributed by atoms with Crippen molar-refractivity contribution in [2.45, 2.75) is 46.1 Å². The van der Waals surface area contributed by atoms with Crippen molar-refractivity contribution in [2.75, 3.05) is 52.9 Å². The summed E-state index contributed by atoms with van der Waals surface area (Å²) in [5.41, 5.74) is 1.23. The third-order valence-electron chi connectivity index (χ3n) is 5.57. The normalized spacial score (nSPS) is 15.2. The van der Waals surface area contributed by atoms with E-state index in [1.54, 1.807) is 7.11 Å². The molecule has 2 rings (SSSR count). The van der Waals surface area contributed by atoms with E-state index in [0.29, 0.717) is 19.5 Å². The van der Waals surface area contributed by atoms with Crippen molar-refractivity contribution < 1.29 is 9.53 Å². The Morgan fingerprint density at radius 1 is 1.19 bits per heavy atom. The number of methoxy groups -OCH3 is 1. The van der Waals surface area contributed by atoms with E-state index in [1.807, 2.05) is 30.9 Å². The molecule has 1 aromatic rings. The van der Waals surface area contributed by atoms with Crippen LogP contribution in [0.2, 0.25) is 0 Å². The molecule has 0 spiro atoms. The van der Waals surface area contributed by atoms with Crippen molar-refractivity contribution in [3.8, 4) is 5.75 Å². The molecule has 0 aromatic heterocycles. The van der Waals surface area contributed by atoms with Gasteiger partial charge in [-0.1, -0.05) is 12.1 Å². The molecule has 176 valence electrons. The zero-order chi connectivity index (χ0) is 21.8. The smallest absolute Gasteiger partial charge is 0.224 e. The van der Waals surface area contributed by atoms with Gasteiger partial charge in [0.25, 0.3) is 0 Å². The summed E-state index contributed by atoms with van der Waals surface area (Å²) in [4.78, 5) is 21.5. The summed E-state index contributed by atoms with van der Waals surface area (Å²) in [6, 6.07) is 8.51. The molecule has 1 amide bonds. The highest BCUT2D eigenvalue weighted by Crippen LogP contribution is 2.27. The molecule has 0 bridgehead atoms. The maximum Gasteiger partial charge on any atom is 0.224 e. The summed E-state index contributed by atoms with van der Waals surface area (Å²) < 4.78 is 5.43. The topological polar surface area (TPSA) is 69.2 Å². The first-order chi connectivity index (χ1) is 14.6. The second-order valence-electron chi connectivity index (χ2n) is 7.50. The highest BCUT2D eigenvalue weighted by Gasteiger charge is 2.23. The molecule has 0 radical (unpaired) electrons. The van der Waals surface area contributed by atoms with Gasteiger partial charge >= 0.3 is 0 Å². The van der Waals surface area contributed by atoms with Crippen LogP contribution in [-0.2, 0) is 4.79 Å². The van der Waals surface area contributed by atoms with E-state index in [0.717, 1.165) is 44.4 Å². The number of aliphatic imine (C=N–C) groups is 1. The van der Waals surface area contributed by atoms with E-state index >= 15 is 0 Å². The lowest BCUT2D eigenvalue weighted by Crippen LogP contribution is -2.40. The van der Waals surface area contributed by atoms with Crippen molar-refractivity contribution >= 4 is 35.8 Å². The van der Waals surface area contributed by atoms with Crippen molar-refractivity contribution in [1.29, 1.82) is 0 Å². The van der Waals surface area contributed by atoms with E-state index in [4.69, 9.17) is 9.73 Å². The average Bonchev–Trinajstić information content (AvgIpc) is 3.29. The number of carbonyl (C=O) groups excluding carboxylic acids is 1. The Balaban J connectivity index is 0.00000480. The lowest BCUT2D eigenvalue weighted by Gasteiger charge is -2.27. The quantitative estimate of drug-likeness (QED) is 0.254. The summed E-state index contributed by atoms with van der Waals surface area (Å²) in [5.74, 6) is 1.81. The molecule has 1 unspecified atom stereocenters. The van der Waals surface area contributed by atoms with Crippen LogP contribution in [0.15, 0.2) is 29.3 Å². The molecule has 1 atom stereocenters. The number of hydrogen-bond donors (Lipinski definition) is 2. The summed E-state index contributed by atoms with van der Waals surface area (Å²) in [5, 5.41) is 6.63. The fraction of sp³-hybridized carbons (Fsp3) is 0.652. The highest BCUT2D eigenvalue weighted by atomic mass is 127. The Bertz CT molecular complexity index is 676. The molecular weight excluding hydrogens is 505 g/mol. The van der Waals surface area contributed by atoms with Crippen LogP contribution in [0.5, 0.6) is 5.75 Å². The minimum absolute atomic E-state index is 0. The predicted octanol–water partition coefficient (Wildman–Crippen LogP) is 3.26. The molecule has 0 aliphatic carbocycles. The van der Waals surface area contributed by atoms with Crippen LogP contribution in [0.4, 0.5) is 0 Å². The average molecular weight is 546 g/mol. The second kappa shape index (κ2) is 15.3. The van der Waals surface area contributed by atoms with Gasteiger partial charge in [0.1, 0.15) is 5.75 Å². The van der Waals surface area contributed by atoms with Gasteiger partial charge in [-0.3, -0.25) is 14.7 Å². The van der Waals surface area contributed by atoms with Crippen LogP contribution in [0, 0.1) is 0 Å². The largest absolute Gasteiger partial charge is 0.497 e. The fourth-order valence-electron chi connectivity index (χ4n) is 3.88. The number of hydrogen-bond acceptors (Lipinski definition) is 4. The zero-order valence-electron chi connectivity index (χ0n) is 19.5. The van der Waals surface area contributed by atoms with Crippen LogP contribution in [0.1, 0.15) is 51.6 Å². The fourth-order valence-corrected chi connectivity index (χ4v) is 3.88. The van der Waals surface area contributed by atoms with E-state index < -0.39 is 0 Å². The Hall–Kier alpha value is -1.55. The van der Waals surface area contributed by atoms with Gasteiger partial charge < -0.3 is 20.3 Å². The van der Waals surface area contributed by atoms with Gasteiger partial charge in [0.05, 0.1) is 19.7 Å². The minimum Gasteiger partial charge on any atom is -0.497 e. The predicted molar refractivity (Wildman–Crippen MR) is 138 cm³/mol. The van der Waals surface area contributed by atoms with E-state index in [1.165, 1.54) is 18.4 Å². The standard InChI is InChI=1S/C23H39N5O2.HI/c1-5-24-23(25-14-13-22(29)27(6-2)7-3)26-18-21(28-15-8-9-16-28)19-11-10-12-20(17-19)30-4;/h10-12,17,21H,5-9,13-16,18H2,1-4H3,(H2,24,25,26);1H. The molecular formula is C23H40IN5O2. The molecule has 1 heterocycles.